The van der Waals surface area contributed by atoms with Crippen molar-refractivity contribution < 1.29 is 22.8 Å². The first kappa shape index (κ1) is 11.4. The Morgan fingerprint density at radius 2 is 1.93 bits per heavy atom. The number of ketones is 1. The van der Waals surface area contributed by atoms with E-state index in [9.17, 15) is 22.8 Å². The van der Waals surface area contributed by atoms with Gasteiger partial charge in [0.15, 0.2) is 12.1 Å². The van der Waals surface area contributed by atoms with Crippen LogP contribution in [0.1, 0.15) is 33.2 Å². The summed E-state index contributed by atoms with van der Waals surface area (Å²) in [6.07, 6.45) is -4.60. The van der Waals surface area contributed by atoms with E-state index in [2.05, 4.69) is 0 Å². The highest BCUT2D eigenvalue weighted by Crippen LogP contribution is 2.34. The van der Waals surface area contributed by atoms with E-state index in [4.69, 9.17) is 0 Å². The molecule has 0 bridgehead atoms. The van der Waals surface area contributed by atoms with Crippen molar-refractivity contribution in [3.63, 3.8) is 0 Å². The van der Waals surface area contributed by atoms with Crippen LogP contribution in [-0.4, -0.2) is 12.1 Å². The number of aldehydes is 1. The summed E-state index contributed by atoms with van der Waals surface area (Å²) in [7, 11) is 0. The zero-order valence-electron chi connectivity index (χ0n) is 7.76. The van der Waals surface area contributed by atoms with Gasteiger partial charge in [-0.05, 0) is 6.92 Å². The van der Waals surface area contributed by atoms with Crippen LogP contribution in [0.5, 0.6) is 0 Å². The summed E-state index contributed by atoms with van der Waals surface area (Å²) in [5.74, 6) is -0.717. The van der Waals surface area contributed by atoms with E-state index >= 15 is 0 Å². The number of alkyl halides is 3. The van der Waals surface area contributed by atoms with E-state index in [0.29, 0.717) is 0 Å². The van der Waals surface area contributed by atoms with E-state index in [0.717, 1.165) is 19.1 Å². The summed E-state index contributed by atoms with van der Waals surface area (Å²) in [4.78, 5) is 21.4. The Morgan fingerprint density at radius 1 is 1.33 bits per heavy atom. The van der Waals surface area contributed by atoms with Crippen LogP contribution in [-0.2, 0) is 6.18 Å². The molecule has 1 rings (SSSR count). The molecule has 0 radical (unpaired) electrons. The normalized spacial score (nSPS) is 11.2. The highest BCUT2D eigenvalue weighted by molar-refractivity contribution is 5.98. The van der Waals surface area contributed by atoms with Gasteiger partial charge >= 0.3 is 6.18 Å². The molecule has 0 aromatic heterocycles. The topological polar surface area (TPSA) is 34.1 Å². The summed E-state index contributed by atoms with van der Waals surface area (Å²) in [5.41, 5.74) is -2.16. The van der Waals surface area contributed by atoms with E-state index < -0.39 is 28.6 Å². The molecule has 0 saturated carbocycles. The third kappa shape index (κ3) is 2.23. The van der Waals surface area contributed by atoms with Crippen LogP contribution in [0.3, 0.4) is 0 Å². The molecule has 1 aromatic rings. The molecular weight excluding hydrogens is 209 g/mol. The van der Waals surface area contributed by atoms with E-state index in [1.807, 2.05) is 0 Å². The molecule has 0 aliphatic carbocycles. The van der Waals surface area contributed by atoms with Gasteiger partial charge in [0.05, 0.1) is 5.56 Å². The van der Waals surface area contributed by atoms with Gasteiger partial charge in [0, 0.05) is 11.1 Å². The van der Waals surface area contributed by atoms with Crippen LogP contribution >= 0.6 is 0 Å². The predicted octanol–water partition coefficient (Wildman–Crippen LogP) is 2.72. The highest BCUT2D eigenvalue weighted by atomic mass is 19.4. The molecule has 0 N–H and O–H groups in total. The molecule has 5 heteroatoms. The van der Waals surface area contributed by atoms with Gasteiger partial charge in [-0.2, -0.15) is 13.2 Å². The van der Waals surface area contributed by atoms with Crippen molar-refractivity contribution >= 4 is 12.1 Å². The van der Waals surface area contributed by atoms with Crippen molar-refractivity contribution in [1.82, 2.24) is 0 Å². The fourth-order valence-corrected chi connectivity index (χ4v) is 1.28. The lowest BCUT2D eigenvalue weighted by Crippen LogP contribution is -2.14. The van der Waals surface area contributed by atoms with Crippen LogP contribution in [0.4, 0.5) is 13.2 Å². The average molecular weight is 216 g/mol. The number of carbonyl (C=O) groups is 2. The fraction of sp³-hybridized carbons (Fsp3) is 0.200. The van der Waals surface area contributed by atoms with Crippen molar-refractivity contribution in [3.05, 3.63) is 34.9 Å². The first-order chi connectivity index (χ1) is 6.88. The molecule has 0 aliphatic heterocycles. The second-order valence-electron chi connectivity index (χ2n) is 2.94. The minimum atomic E-state index is -4.70. The maximum absolute atomic E-state index is 12.5. The van der Waals surface area contributed by atoms with E-state index in [1.165, 1.54) is 6.07 Å². The Balaban J connectivity index is 3.54. The SMILES string of the molecule is CC(=O)c1cccc(C=O)c1C(F)(F)F. The van der Waals surface area contributed by atoms with Crippen LogP contribution in [0, 0.1) is 0 Å². The Morgan fingerprint density at radius 3 is 2.33 bits per heavy atom. The first-order valence-corrected chi connectivity index (χ1v) is 4.04. The number of carbonyl (C=O) groups excluding carboxylic acids is 2. The van der Waals surface area contributed by atoms with Gasteiger partial charge in [0.1, 0.15) is 0 Å². The Bertz CT molecular complexity index is 408. The summed E-state index contributed by atoms with van der Waals surface area (Å²) >= 11 is 0. The number of hydrogen-bond donors (Lipinski definition) is 0. The molecule has 0 amide bonds. The smallest absolute Gasteiger partial charge is 0.298 e. The van der Waals surface area contributed by atoms with E-state index in [1.54, 1.807) is 0 Å². The Labute approximate surface area is 83.7 Å². The number of hydrogen-bond acceptors (Lipinski definition) is 2. The minimum Gasteiger partial charge on any atom is -0.298 e. The van der Waals surface area contributed by atoms with Crippen LogP contribution < -0.4 is 0 Å². The first-order valence-electron chi connectivity index (χ1n) is 4.04. The zero-order valence-corrected chi connectivity index (χ0v) is 7.76. The molecule has 0 saturated heterocycles. The maximum Gasteiger partial charge on any atom is 0.417 e. The van der Waals surface area contributed by atoms with Crippen molar-refractivity contribution in [2.45, 2.75) is 13.1 Å². The lowest BCUT2D eigenvalue weighted by molar-refractivity contribution is -0.138. The molecule has 15 heavy (non-hydrogen) atoms. The fourth-order valence-electron chi connectivity index (χ4n) is 1.28. The third-order valence-corrected chi connectivity index (χ3v) is 1.89. The van der Waals surface area contributed by atoms with E-state index in [-0.39, 0.29) is 6.29 Å². The molecular formula is C10H7F3O2. The second kappa shape index (κ2) is 3.84. The minimum absolute atomic E-state index is 0.0925. The Hall–Kier alpha value is -1.65. The maximum atomic E-state index is 12.5. The summed E-state index contributed by atoms with van der Waals surface area (Å²) in [5, 5.41) is 0. The molecule has 0 fully saturated rings. The molecule has 0 heterocycles. The summed E-state index contributed by atoms with van der Waals surface area (Å²) < 4.78 is 37.6. The van der Waals surface area contributed by atoms with Gasteiger partial charge in [-0.15, -0.1) is 0 Å². The largest absolute Gasteiger partial charge is 0.417 e. The van der Waals surface area contributed by atoms with Crippen molar-refractivity contribution in [2.75, 3.05) is 0 Å². The average Bonchev–Trinajstić information content (AvgIpc) is 2.15. The zero-order chi connectivity index (χ0) is 11.6. The van der Waals surface area contributed by atoms with Gasteiger partial charge in [-0.3, -0.25) is 9.59 Å². The molecule has 0 aliphatic rings. The van der Waals surface area contributed by atoms with Crippen LogP contribution in [0.15, 0.2) is 18.2 Å². The van der Waals surface area contributed by atoms with Gasteiger partial charge in [-0.25, -0.2) is 0 Å². The molecule has 80 valence electrons. The lowest BCUT2D eigenvalue weighted by Gasteiger charge is -2.12. The van der Waals surface area contributed by atoms with Crippen LogP contribution in [0.25, 0.3) is 0 Å². The van der Waals surface area contributed by atoms with Gasteiger partial charge in [0.2, 0.25) is 0 Å². The molecule has 2 nitrogen and oxygen atoms in total. The second-order valence-corrected chi connectivity index (χ2v) is 2.94. The Kier molecular flexibility index (Phi) is 2.93. The summed E-state index contributed by atoms with van der Waals surface area (Å²) in [6, 6.07) is 3.33. The van der Waals surface area contributed by atoms with Gasteiger partial charge in [-0.1, -0.05) is 18.2 Å². The van der Waals surface area contributed by atoms with Gasteiger partial charge in [0.25, 0.3) is 0 Å². The third-order valence-electron chi connectivity index (χ3n) is 1.89. The number of halogens is 3. The lowest BCUT2D eigenvalue weighted by atomic mass is 9.99. The number of rotatable bonds is 2. The quantitative estimate of drug-likeness (QED) is 0.562. The molecule has 0 atom stereocenters. The van der Waals surface area contributed by atoms with Crippen molar-refractivity contribution in [3.8, 4) is 0 Å². The van der Waals surface area contributed by atoms with Crippen molar-refractivity contribution in [1.29, 1.82) is 0 Å². The monoisotopic (exact) mass is 216 g/mol. The number of benzene rings is 1. The molecule has 0 spiro atoms. The number of Topliss-reactive ketones (excluding diaryl/α,β-unsaturated/α-hetero) is 1. The van der Waals surface area contributed by atoms with Gasteiger partial charge < -0.3 is 0 Å². The molecule has 0 unspecified atom stereocenters. The summed E-state index contributed by atoms with van der Waals surface area (Å²) in [6.45, 7) is 1.03. The van der Waals surface area contributed by atoms with Crippen LogP contribution in [0.2, 0.25) is 0 Å². The molecule has 1 aromatic carbocycles. The highest BCUT2D eigenvalue weighted by Gasteiger charge is 2.36. The van der Waals surface area contributed by atoms with Crippen molar-refractivity contribution in [2.24, 2.45) is 0 Å². The predicted molar refractivity (Wildman–Crippen MR) is 46.8 cm³/mol. The standard InChI is InChI=1S/C10H7F3O2/c1-6(15)8-4-2-3-7(5-14)9(8)10(11,12)13/h2-5H,1H3.